The third-order valence-corrected chi connectivity index (χ3v) is 4.94. The highest BCUT2D eigenvalue weighted by molar-refractivity contribution is 9.10. The number of hydrogen-bond donors (Lipinski definition) is 2. The lowest BCUT2D eigenvalue weighted by Crippen LogP contribution is -2.43. The van der Waals surface area contributed by atoms with E-state index in [0.717, 1.165) is 21.8 Å². The van der Waals surface area contributed by atoms with E-state index in [2.05, 4.69) is 40.6 Å². The van der Waals surface area contributed by atoms with Crippen LogP contribution in [-0.2, 0) is 11.3 Å². The number of ether oxygens (including phenoxy) is 1. The van der Waals surface area contributed by atoms with Gasteiger partial charge in [0.05, 0.1) is 12.2 Å². The summed E-state index contributed by atoms with van der Waals surface area (Å²) in [5.41, 5.74) is 6.26. The Bertz CT molecular complexity index is 1010. The highest BCUT2D eigenvalue weighted by Crippen LogP contribution is 2.23. The Morgan fingerprint density at radius 2 is 1.90 bits per heavy atom. The number of nitrogens with zero attached hydrogens (tertiary/aromatic N) is 1. The molecule has 2 N–H and O–H groups in total. The summed E-state index contributed by atoms with van der Waals surface area (Å²) >= 11 is 3.37. The summed E-state index contributed by atoms with van der Waals surface area (Å²) in [5.74, 6) is 0.234. The van der Waals surface area contributed by atoms with Crippen molar-refractivity contribution < 1.29 is 14.3 Å². The molecular weight excluding hydrogens is 434 g/mol. The molecule has 2 aromatic carbocycles. The largest absolute Gasteiger partial charge is 0.493 e. The number of rotatable bonds is 7. The molecule has 7 heteroatoms. The summed E-state index contributed by atoms with van der Waals surface area (Å²) in [6, 6.07) is 15.0. The first-order valence-electron chi connectivity index (χ1n) is 9.49. The minimum atomic E-state index is -0.434. The van der Waals surface area contributed by atoms with Crippen molar-refractivity contribution in [1.82, 2.24) is 15.4 Å². The van der Waals surface area contributed by atoms with E-state index in [1.54, 1.807) is 12.1 Å². The molecule has 1 aromatic heterocycles. The third kappa shape index (κ3) is 5.60. The zero-order chi connectivity index (χ0) is 20.8. The van der Waals surface area contributed by atoms with E-state index in [-0.39, 0.29) is 12.5 Å². The molecular formula is C22H24BrN3O3. The first-order chi connectivity index (χ1) is 13.9. The van der Waals surface area contributed by atoms with Gasteiger partial charge in [-0.15, -0.1) is 0 Å². The fourth-order valence-corrected chi connectivity index (χ4v) is 3.24. The van der Waals surface area contributed by atoms with E-state index >= 15 is 0 Å². The van der Waals surface area contributed by atoms with Crippen molar-refractivity contribution in [3.05, 3.63) is 64.8 Å². The van der Waals surface area contributed by atoms with Gasteiger partial charge in [0.25, 0.3) is 11.8 Å². The topological polar surface area (TPSA) is 72.4 Å². The van der Waals surface area contributed by atoms with Gasteiger partial charge in [-0.1, -0.05) is 48.0 Å². The standard InChI is InChI=1S/C22H24BrN3O3/c1-15(2)10-12-29-20-8-7-17(23)13-18(20)22(28)25-24-21(27)14-26-11-9-16-5-3-4-6-19(16)26/h3-9,11,13,15H,10,12,14H2,1-2H3,(H,24,27)(H,25,28). The van der Waals surface area contributed by atoms with Crippen molar-refractivity contribution in [3.8, 4) is 5.75 Å². The number of carbonyl (C=O) groups excluding carboxylic acids is 2. The number of para-hydroxylation sites is 1. The quantitative estimate of drug-likeness (QED) is 0.519. The first-order valence-corrected chi connectivity index (χ1v) is 10.3. The molecule has 0 atom stereocenters. The van der Waals surface area contributed by atoms with Crippen LogP contribution < -0.4 is 15.6 Å². The zero-order valence-corrected chi connectivity index (χ0v) is 18.0. The van der Waals surface area contributed by atoms with Gasteiger partial charge in [0.1, 0.15) is 12.3 Å². The maximum atomic E-state index is 12.6. The van der Waals surface area contributed by atoms with Gasteiger partial charge in [0.15, 0.2) is 0 Å². The minimum absolute atomic E-state index is 0.101. The van der Waals surface area contributed by atoms with Crippen LogP contribution in [0.4, 0.5) is 0 Å². The molecule has 3 aromatic rings. The Morgan fingerprint density at radius 1 is 1.10 bits per heavy atom. The summed E-state index contributed by atoms with van der Waals surface area (Å²) in [5, 5.41) is 1.06. The van der Waals surface area contributed by atoms with Crippen molar-refractivity contribution in [1.29, 1.82) is 0 Å². The molecule has 2 amide bonds. The molecule has 0 saturated carbocycles. The predicted octanol–water partition coefficient (Wildman–Crippen LogP) is 4.29. The molecule has 0 unspecified atom stereocenters. The number of aromatic nitrogens is 1. The highest BCUT2D eigenvalue weighted by atomic mass is 79.9. The molecule has 29 heavy (non-hydrogen) atoms. The molecule has 0 radical (unpaired) electrons. The molecule has 3 rings (SSSR count). The smallest absolute Gasteiger partial charge is 0.273 e. The highest BCUT2D eigenvalue weighted by Gasteiger charge is 2.15. The SMILES string of the molecule is CC(C)CCOc1ccc(Br)cc1C(=O)NNC(=O)Cn1ccc2ccccc21. The number of hydrazine groups is 1. The predicted molar refractivity (Wildman–Crippen MR) is 117 cm³/mol. The summed E-state index contributed by atoms with van der Waals surface area (Å²) in [6.45, 7) is 4.85. The van der Waals surface area contributed by atoms with E-state index < -0.39 is 5.91 Å². The van der Waals surface area contributed by atoms with Crippen LogP contribution in [0.1, 0.15) is 30.6 Å². The van der Waals surface area contributed by atoms with Gasteiger partial charge in [0.2, 0.25) is 0 Å². The zero-order valence-electron chi connectivity index (χ0n) is 16.4. The molecule has 0 fully saturated rings. The molecule has 0 aliphatic heterocycles. The van der Waals surface area contributed by atoms with Crippen LogP contribution in [0.25, 0.3) is 10.9 Å². The van der Waals surface area contributed by atoms with Gasteiger partial charge in [-0.05, 0) is 48.1 Å². The second-order valence-corrected chi connectivity index (χ2v) is 8.09. The van der Waals surface area contributed by atoms with Crippen molar-refractivity contribution >= 4 is 38.6 Å². The average Bonchev–Trinajstić information content (AvgIpc) is 3.10. The molecule has 0 aliphatic rings. The molecule has 0 aliphatic carbocycles. The van der Waals surface area contributed by atoms with Gasteiger partial charge in [0, 0.05) is 16.2 Å². The minimum Gasteiger partial charge on any atom is -0.493 e. The van der Waals surface area contributed by atoms with Gasteiger partial charge in [-0.25, -0.2) is 0 Å². The van der Waals surface area contributed by atoms with E-state index in [1.807, 2.05) is 47.2 Å². The molecule has 6 nitrogen and oxygen atoms in total. The van der Waals surface area contributed by atoms with Crippen LogP contribution >= 0.6 is 15.9 Å². The maximum Gasteiger partial charge on any atom is 0.273 e. The Labute approximate surface area is 178 Å². The van der Waals surface area contributed by atoms with Crippen LogP contribution in [0.2, 0.25) is 0 Å². The maximum absolute atomic E-state index is 12.6. The normalized spacial score (nSPS) is 10.9. The van der Waals surface area contributed by atoms with Gasteiger partial charge in [-0.3, -0.25) is 20.4 Å². The Balaban J connectivity index is 1.61. The van der Waals surface area contributed by atoms with Gasteiger partial charge in [-0.2, -0.15) is 0 Å². The number of halogens is 1. The van der Waals surface area contributed by atoms with E-state index in [9.17, 15) is 9.59 Å². The molecule has 0 saturated heterocycles. The van der Waals surface area contributed by atoms with Crippen molar-refractivity contribution in [2.24, 2.45) is 5.92 Å². The van der Waals surface area contributed by atoms with Crippen LogP contribution in [0.3, 0.4) is 0 Å². The molecule has 1 heterocycles. The number of fused-ring (bicyclic) bond motifs is 1. The number of hydrogen-bond acceptors (Lipinski definition) is 3. The van der Waals surface area contributed by atoms with Gasteiger partial charge >= 0.3 is 0 Å². The molecule has 0 bridgehead atoms. The summed E-state index contributed by atoms with van der Waals surface area (Å²) in [4.78, 5) is 24.9. The van der Waals surface area contributed by atoms with Crippen molar-refractivity contribution in [2.75, 3.05) is 6.61 Å². The Morgan fingerprint density at radius 3 is 2.69 bits per heavy atom. The summed E-state index contributed by atoms with van der Waals surface area (Å²) in [7, 11) is 0. The lowest BCUT2D eigenvalue weighted by Gasteiger charge is -2.14. The molecule has 152 valence electrons. The average molecular weight is 458 g/mol. The van der Waals surface area contributed by atoms with Crippen LogP contribution in [0.15, 0.2) is 59.2 Å². The third-order valence-electron chi connectivity index (χ3n) is 4.45. The second-order valence-electron chi connectivity index (χ2n) is 7.18. The molecule has 0 spiro atoms. The number of nitrogens with one attached hydrogen (secondary N) is 2. The number of benzene rings is 2. The number of amides is 2. The summed E-state index contributed by atoms with van der Waals surface area (Å²) in [6.07, 6.45) is 2.74. The van der Waals surface area contributed by atoms with Crippen molar-refractivity contribution in [3.63, 3.8) is 0 Å². The first kappa shape index (κ1) is 20.9. The van der Waals surface area contributed by atoms with Gasteiger partial charge < -0.3 is 9.30 Å². The van der Waals surface area contributed by atoms with Crippen molar-refractivity contribution in [2.45, 2.75) is 26.8 Å². The van der Waals surface area contributed by atoms with E-state index in [0.29, 0.717) is 23.8 Å². The van der Waals surface area contributed by atoms with E-state index in [4.69, 9.17) is 4.74 Å². The lowest BCUT2D eigenvalue weighted by atomic mass is 10.1. The van der Waals surface area contributed by atoms with E-state index in [1.165, 1.54) is 0 Å². The summed E-state index contributed by atoms with van der Waals surface area (Å²) < 4.78 is 8.35. The Kier molecular flexibility index (Phi) is 6.93. The number of carbonyl (C=O) groups is 2. The van der Waals surface area contributed by atoms with Crippen LogP contribution in [0.5, 0.6) is 5.75 Å². The van der Waals surface area contributed by atoms with Crippen LogP contribution in [0, 0.1) is 5.92 Å². The fraction of sp³-hybridized carbons (Fsp3) is 0.273. The monoisotopic (exact) mass is 457 g/mol. The van der Waals surface area contributed by atoms with Crippen LogP contribution in [-0.4, -0.2) is 23.0 Å². The fourth-order valence-electron chi connectivity index (χ4n) is 2.88. The lowest BCUT2D eigenvalue weighted by molar-refractivity contribution is -0.122. The second kappa shape index (κ2) is 9.60. The Hall–Kier alpha value is -2.80.